The van der Waals surface area contributed by atoms with Crippen molar-refractivity contribution < 1.29 is 4.79 Å². The molecule has 0 aromatic rings. The normalized spacial score (nSPS) is 19.3. The largest absolute Gasteiger partial charge is 0.343 e. The summed E-state index contributed by atoms with van der Waals surface area (Å²) in [5, 5.41) is 0. The second-order valence-electron chi connectivity index (χ2n) is 6.17. The van der Waals surface area contributed by atoms with Gasteiger partial charge < -0.3 is 10.6 Å². The molecule has 1 fully saturated rings. The van der Waals surface area contributed by atoms with E-state index in [9.17, 15) is 4.79 Å². The number of likely N-dealkylation sites (tertiary alicyclic amines) is 1. The Balaban J connectivity index is 2.35. The van der Waals surface area contributed by atoms with Crippen LogP contribution in [-0.4, -0.2) is 30.4 Å². The topological polar surface area (TPSA) is 46.3 Å². The van der Waals surface area contributed by atoms with Crippen molar-refractivity contribution in [2.45, 2.75) is 52.9 Å². The molecule has 0 aromatic carbocycles. The maximum Gasteiger partial charge on any atom is 0.222 e. The van der Waals surface area contributed by atoms with Crippen LogP contribution in [0.25, 0.3) is 0 Å². The third kappa shape index (κ3) is 4.97. The third-order valence-electron chi connectivity index (χ3n) is 4.15. The van der Waals surface area contributed by atoms with Crippen LogP contribution < -0.4 is 5.73 Å². The molecule has 3 nitrogen and oxygen atoms in total. The van der Waals surface area contributed by atoms with Gasteiger partial charge in [0.2, 0.25) is 5.91 Å². The summed E-state index contributed by atoms with van der Waals surface area (Å²) in [7, 11) is 0. The molecule has 1 saturated heterocycles. The Morgan fingerprint density at radius 2 is 1.94 bits per heavy atom. The van der Waals surface area contributed by atoms with E-state index in [4.69, 9.17) is 5.73 Å². The molecule has 1 atom stereocenters. The Kier molecular flexibility index (Phi) is 6.69. The van der Waals surface area contributed by atoms with Crippen molar-refractivity contribution in [3.8, 4) is 0 Å². The highest BCUT2D eigenvalue weighted by molar-refractivity contribution is 5.76. The molecule has 18 heavy (non-hydrogen) atoms. The highest BCUT2D eigenvalue weighted by atomic mass is 16.2. The molecule has 0 bridgehead atoms. The van der Waals surface area contributed by atoms with Gasteiger partial charge in [0.05, 0.1) is 0 Å². The number of amides is 1. The van der Waals surface area contributed by atoms with Crippen LogP contribution in [0.4, 0.5) is 0 Å². The Labute approximate surface area is 112 Å². The van der Waals surface area contributed by atoms with Crippen molar-refractivity contribution in [3.63, 3.8) is 0 Å². The van der Waals surface area contributed by atoms with Gasteiger partial charge in [0.15, 0.2) is 0 Å². The van der Waals surface area contributed by atoms with E-state index in [1.54, 1.807) is 0 Å². The van der Waals surface area contributed by atoms with E-state index in [0.29, 0.717) is 30.7 Å². The zero-order valence-corrected chi connectivity index (χ0v) is 12.3. The van der Waals surface area contributed by atoms with Gasteiger partial charge in [0.25, 0.3) is 0 Å². The lowest BCUT2D eigenvalue weighted by Gasteiger charge is -2.32. The lowest BCUT2D eigenvalue weighted by molar-refractivity contribution is -0.133. The minimum absolute atomic E-state index is 0.320. The Morgan fingerprint density at radius 1 is 1.33 bits per heavy atom. The smallest absolute Gasteiger partial charge is 0.222 e. The molecule has 0 saturated carbocycles. The molecular weight excluding hydrogens is 224 g/mol. The van der Waals surface area contributed by atoms with E-state index in [0.717, 1.165) is 25.4 Å². The summed E-state index contributed by atoms with van der Waals surface area (Å²) in [5.74, 6) is 2.13. The van der Waals surface area contributed by atoms with E-state index >= 15 is 0 Å². The number of carbonyl (C=O) groups is 1. The van der Waals surface area contributed by atoms with Crippen LogP contribution in [0.2, 0.25) is 0 Å². The number of nitrogens with zero attached hydrogens (tertiary/aromatic N) is 1. The summed E-state index contributed by atoms with van der Waals surface area (Å²) in [6, 6.07) is 0. The highest BCUT2D eigenvalue weighted by Crippen LogP contribution is 2.22. The summed E-state index contributed by atoms with van der Waals surface area (Å²) in [6.07, 6.45) is 5.32. The van der Waals surface area contributed by atoms with Gasteiger partial charge in [-0.1, -0.05) is 27.2 Å². The first-order valence-corrected chi connectivity index (χ1v) is 7.54. The molecule has 0 unspecified atom stereocenters. The zero-order valence-electron chi connectivity index (χ0n) is 12.3. The van der Waals surface area contributed by atoms with Gasteiger partial charge in [-0.3, -0.25) is 4.79 Å². The second-order valence-corrected chi connectivity index (χ2v) is 6.17. The fourth-order valence-corrected chi connectivity index (χ4v) is 2.90. The molecule has 1 heterocycles. The van der Waals surface area contributed by atoms with Gasteiger partial charge in [-0.05, 0) is 43.6 Å². The van der Waals surface area contributed by atoms with Crippen molar-refractivity contribution in [1.82, 2.24) is 4.90 Å². The number of carbonyl (C=O) groups excluding carboxylic acids is 1. The number of rotatable bonds is 6. The Morgan fingerprint density at radius 3 is 2.39 bits per heavy atom. The molecule has 0 aromatic heterocycles. The maximum absolute atomic E-state index is 12.2. The van der Waals surface area contributed by atoms with E-state index in [1.165, 1.54) is 19.3 Å². The van der Waals surface area contributed by atoms with Crippen LogP contribution in [-0.2, 0) is 4.79 Å². The number of hydrogen-bond acceptors (Lipinski definition) is 2. The number of hydrogen-bond donors (Lipinski definition) is 1. The predicted octanol–water partition coefficient (Wildman–Crippen LogP) is 2.65. The van der Waals surface area contributed by atoms with Crippen molar-refractivity contribution in [3.05, 3.63) is 0 Å². The van der Waals surface area contributed by atoms with Gasteiger partial charge in [0, 0.05) is 19.5 Å². The van der Waals surface area contributed by atoms with E-state index in [1.807, 2.05) is 0 Å². The van der Waals surface area contributed by atoms with E-state index in [-0.39, 0.29) is 0 Å². The van der Waals surface area contributed by atoms with Gasteiger partial charge in [-0.2, -0.15) is 0 Å². The molecule has 2 N–H and O–H groups in total. The van der Waals surface area contributed by atoms with Crippen LogP contribution in [0.1, 0.15) is 52.9 Å². The zero-order chi connectivity index (χ0) is 13.5. The quantitative estimate of drug-likeness (QED) is 0.792. The summed E-state index contributed by atoms with van der Waals surface area (Å²) >= 11 is 0. The number of nitrogens with two attached hydrogens (primary N) is 1. The van der Waals surface area contributed by atoms with Gasteiger partial charge in [0.1, 0.15) is 0 Å². The van der Waals surface area contributed by atoms with Crippen molar-refractivity contribution >= 4 is 5.91 Å². The SMILES string of the molecule is CCC1CCN(C(=O)C[C@@H](CN)CC(C)C)CC1. The second kappa shape index (κ2) is 7.78. The standard InChI is InChI=1S/C15H30N2O/c1-4-13-5-7-17(8-6-13)15(18)10-14(11-16)9-12(2)3/h12-14H,4-11,16H2,1-3H3/t14-/m0/s1. The van der Waals surface area contributed by atoms with Crippen LogP contribution in [0, 0.1) is 17.8 Å². The van der Waals surface area contributed by atoms with E-state index < -0.39 is 0 Å². The van der Waals surface area contributed by atoms with Crippen LogP contribution in [0.15, 0.2) is 0 Å². The lowest BCUT2D eigenvalue weighted by atomic mass is 9.91. The predicted molar refractivity (Wildman–Crippen MR) is 76.2 cm³/mol. The molecule has 1 aliphatic heterocycles. The molecular formula is C15H30N2O. The molecule has 0 radical (unpaired) electrons. The fourth-order valence-electron chi connectivity index (χ4n) is 2.90. The Hall–Kier alpha value is -0.570. The molecule has 0 spiro atoms. The van der Waals surface area contributed by atoms with E-state index in [2.05, 4.69) is 25.7 Å². The van der Waals surface area contributed by atoms with Crippen LogP contribution in [0.5, 0.6) is 0 Å². The molecule has 1 aliphatic rings. The number of piperidine rings is 1. The first-order chi connectivity index (χ1) is 8.56. The summed E-state index contributed by atoms with van der Waals surface area (Å²) in [4.78, 5) is 14.3. The maximum atomic E-state index is 12.2. The monoisotopic (exact) mass is 254 g/mol. The summed E-state index contributed by atoms with van der Waals surface area (Å²) in [5.41, 5.74) is 5.77. The molecule has 1 rings (SSSR count). The van der Waals surface area contributed by atoms with Gasteiger partial charge >= 0.3 is 0 Å². The molecule has 1 amide bonds. The molecule has 0 aliphatic carbocycles. The summed E-state index contributed by atoms with van der Waals surface area (Å²) < 4.78 is 0. The summed E-state index contributed by atoms with van der Waals surface area (Å²) in [6.45, 7) is 9.18. The van der Waals surface area contributed by atoms with Gasteiger partial charge in [-0.15, -0.1) is 0 Å². The van der Waals surface area contributed by atoms with Crippen LogP contribution >= 0.6 is 0 Å². The highest BCUT2D eigenvalue weighted by Gasteiger charge is 2.23. The lowest BCUT2D eigenvalue weighted by Crippen LogP contribution is -2.39. The Bertz CT molecular complexity index is 245. The third-order valence-corrected chi connectivity index (χ3v) is 4.15. The van der Waals surface area contributed by atoms with Crippen molar-refractivity contribution in [2.75, 3.05) is 19.6 Å². The molecule has 3 heteroatoms. The van der Waals surface area contributed by atoms with Crippen LogP contribution in [0.3, 0.4) is 0 Å². The average molecular weight is 254 g/mol. The fraction of sp³-hybridized carbons (Fsp3) is 0.933. The van der Waals surface area contributed by atoms with Crippen molar-refractivity contribution in [2.24, 2.45) is 23.5 Å². The minimum atomic E-state index is 0.320. The first-order valence-electron chi connectivity index (χ1n) is 7.54. The first kappa shape index (κ1) is 15.5. The average Bonchev–Trinajstić information content (AvgIpc) is 2.37. The van der Waals surface area contributed by atoms with Gasteiger partial charge in [-0.25, -0.2) is 0 Å². The van der Waals surface area contributed by atoms with Crippen molar-refractivity contribution in [1.29, 1.82) is 0 Å². The minimum Gasteiger partial charge on any atom is -0.343 e. The molecule has 106 valence electrons.